The van der Waals surface area contributed by atoms with Crippen molar-refractivity contribution in [3.8, 4) is 5.75 Å². The Balaban J connectivity index is 1.78. The van der Waals surface area contributed by atoms with E-state index in [0.29, 0.717) is 17.3 Å². The minimum absolute atomic E-state index is 0.0724. The van der Waals surface area contributed by atoms with Crippen LogP contribution in [-0.2, 0) is 6.42 Å². The van der Waals surface area contributed by atoms with Crippen molar-refractivity contribution in [3.63, 3.8) is 0 Å². The van der Waals surface area contributed by atoms with Crippen molar-refractivity contribution in [2.45, 2.75) is 12.3 Å². The number of halogens is 1. The standard InChI is InChI=1S/C23H23ClN2O3/c1-3-9-25-23(27)29-21-13-18-16(12-20(21)24)7-10-26(2)14-19(18)17-6-4-5-15-8-11-28-22(15)17/h3-6,8,11-13,19H,1,7,9-10,14H2,2H3,(H,25,27). The van der Waals surface area contributed by atoms with Crippen LogP contribution in [0.1, 0.15) is 22.6 Å². The summed E-state index contributed by atoms with van der Waals surface area (Å²) in [6, 6.07) is 12.0. The van der Waals surface area contributed by atoms with Gasteiger partial charge in [-0.15, -0.1) is 6.58 Å². The minimum atomic E-state index is -0.554. The third-order valence-electron chi connectivity index (χ3n) is 5.30. The molecule has 1 unspecified atom stereocenters. The first kappa shape index (κ1) is 19.6. The molecule has 0 bridgehead atoms. The highest BCUT2D eigenvalue weighted by Gasteiger charge is 2.27. The summed E-state index contributed by atoms with van der Waals surface area (Å²) in [5, 5.41) is 4.11. The Bertz CT molecular complexity index is 1060. The van der Waals surface area contributed by atoms with Crippen LogP contribution in [-0.4, -0.2) is 37.7 Å². The maximum atomic E-state index is 12.0. The van der Waals surface area contributed by atoms with E-state index in [0.717, 1.165) is 47.2 Å². The van der Waals surface area contributed by atoms with Gasteiger partial charge in [-0.05, 0) is 42.8 Å². The number of hydrogen-bond donors (Lipinski definition) is 1. The Labute approximate surface area is 174 Å². The molecule has 1 amide bonds. The van der Waals surface area contributed by atoms with Crippen molar-refractivity contribution in [2.75, 3.05) is 26.7 Å². The first-order chi connectivity index (χ1) is 14.1. The largest absolute Gasteiger partial charge is 0.464 e. The highest BCUT2D eigenvalue weighted by atomic mass is 35.5. The molecule has 0 saturated heterocycles. The van der Waals surface area contributed by atoms with Crippen LogP contribution in [0.5, 0.6) is 5.75 Å². The van der Waals surface area contributed by atoms with Crippen LogP contribution >= 0.6 is 11.6 Å². The SMILES string of the molecule is C=CCNC(=O)Oc1cc2c(cc1Cl)CCN(C)CC2c1cccc2ccoc12. The van der Waals surface area contributed by atoms with Crippen molar-refractivity contribution >= 4 is 28.7 Å². The van der Waals surface area contributed by atoms with Gasteiger partial charge in [0.05, 0.1) is 11.3 Å². The summed E-state index contributed by atoms with van der Waals surface area (Å²) in [5.41, 5.74) is 4.27. The van der Waals surface area contributed by atoms with Gasteiger partial charge in [0.15, 0.2) is 5.75 Å². The first-order valence-corrected chi connectivity index (χ1v) is 9.98. The zero-order valence-corrected chi connectivity index (χ0v) is 17.0. The number of carbonyl (C=O) groups is 1. The maximum absolute atomic E-state index is 12.0. The third-order valence-corrected chi connectivity index (χ3v) is 5.60. The number of nitrogens with one attached hydrogen (secondary N) is 1. The number of nitrogens with zero attached hydrogens (tertiary/aromatic N) is 1. The summed E-state index contributed by atoms with van der Waals surface area (Å²) in [7, 11) is 2.11. The number of hydrogen-bond acceptors (Lipinski definition) is 4. The van der Waals surface area contributed by atoms with Gasteiger partial charge in [-0.3, -0.25) is 0 Å². The molecule has 0 aliphatic carbocycles. The Morgan fingerprint density at radius 2 is 2.24 bits per heavy atom. The van der Waals surface area contributed by atoms with Crippen molar-refractivity contribution in [2.24, 2.45) is 0 Å². The van der Waals surface area contributed by atoms with E-state index in [2.05, 4.69) is 29.9 Å². The van der Waals surface area contributed by atoms with Crippen molar-refractivity contribution in [3.05, 3.63) is 77.0 Å². The predicted octanol–water partition coefficient (Wildman–Crippen LogP) is 4.98. The van der Waals surface area contributed by atoms with Crippen molar-refractivity contribution in [1.29, 1.82) is 0 Å². The summed E-state index contributed by atoms with van der Waals surface area (Å²) in [4.78, 5) is 14.3. The summed E-state index contributed by atoms with van der Waals surface area (Å²) in [5.74, 6) is 0.427. The minimum Gasteiger partial charge on any atom is -0.464 e. The summed E-state index contributed by atoms with van der Waals surface area (Å²) in [6.45, 7) is 5.67. The van der Waals surface area contributed by atoms with Gasteiger partial charge in [-0.2, -0.15) is 0 Å². The van der Waals surface area contributed by atoms with E-state index in [9.17, 15) is 4.79 Å². The van der Waals surface area contributed by atoms with E-state index in [1.807, 2.05) is 30.3 Å². The number of carbonyl (C=O) groups excluding carboxylic acids is 1. The van der Waals surface area contributed by atoms with Gasteiger partial charge in [-0.25, -0.2) is 4.79 Å². The fourth-order valence-corrected chi connectivity index (χ4v) is 4.11. The van der Waals surface area contributed by atoms with Gasteiger partial charge in [0, 0.05) is 36.5 Å². The maximum Gasteiger partial charge on any atom is 0.412 e. The fraction of sp³-hybridized carbons (Fsp3) is 0.261. The number of rotatable bonds is 4. The Kier molecular flexibility index (Phi) is 5.60. The summed E-state index contributed by atoms with van der Waals surface area (Å²) >= 11 is 6.44. The van der Waals surface area contributed by atoms with E-state index in [1.165, 1.54) is 0 Å². The molecule has 2 heterocycles. The number of ether oxygens (including phenoxy) is 1. The van der Waals surface area contributed by atoms with Gasteiger partial charge >= 0.3 is 6.09 Å². The second kappa shape index (κ2) is 8.31. The number of benzene rings is 2. The molecule has 5 nitrogen and oxygen atoms in total. The zero-order valence-electron chi connectivity index (χ0n) is 16.3. The summed E-state index contributed by atoms with van der Waals surface area (Å²) in [6.07, 6.45) is 3.63. The molecule has 1 aliphatic heterocycles. The predicted molar refractivity (Wildman–Crippen MR) is 115 cm³/mol. The molecular formula is C23H23ClN2O3. The molecule has 0 saturated carbocycles. The Morgan fingerprint density at radius 1 is 1.38 bits per heavy atom. The molecule has 0 spiro atoms. The van der Waals surface area contributed by atoms with Crippen LogP contribution in [0.15, 0.2) is 59.7 Å². The third kappa shape index (κ3) is 4.02. The molecule has 2 aromatic carbocycles. The van der Waals surface area contributed by atoms with E-state index in [4.69, 9.17) is 20.8 Å². The quantitative estimate of drug-likeness (QED) is 0.616. The second-order valence-corrected chi connectivity index (χ2v) is 7.70. The lowest BCUT2D eigenvalue weighted by Crippen LogP contribution is -2.27. The molecular weight excluding hydrogens is 388 g/mol. The smallest absolute Gasteiger partial charge is 0.412 e. The molecule has 6 heteroatoms. The second-order valence-electron chi connectivity index (χ2n) is 7.29. The first-order valence-electron chi connectivity index (χ1n) is 9.60. The Hall–Kier alpha value is -2.76. The van der Waals surface area contributed by atoms with E-state index < -0.39 is 6.09 Å². The average molecular weight is 411 g/mol. The molecule has 0 radical (unpaired) electrons. The van der Waals surface area contributed by atoms with Gasteiger partial charge in [0.25, 0.3) is 0 Å². The molecule has 4 rings (SSSR count). The molecule has 150 valence electrons. The van der Waals surface area contributed by atoms with Gasteiger partial charge in [0.2, 0.25) is 0 Å². The van der Waals surface area contributed by atoms with Crippen molar-refractivity contribution in [1.82, 2.24) is 10.2 Å². The highest BCUT2D eigenvalue weighted by Crippen LogP contribution is 2.39. The number of para-hydroxylation sites is 1. The summed E-state index contributed by atoms with van der Waals surface area (Å²) < 4.78 is 11.3. The van der Waals surface area contributed by atoms with E-state index >= 15 is 0 Å². The molecule has 1 aliphatic rings. The fourth-order valence-electron chi connectivity index (χ4n) is 3.89. The average Bonchev–Trinajstić information content (AvgIpc) is 3.14. The van der Waals surface area contributed by atoms with Gasteiger partial charge in [-0.1, -0.05) is 35.9 Å². The van der Waals surface area contributed by atoms with Crippen LogP contribution in [0.25, 0.3) is 11.0 Å². The molecule has 1 aromatic heterocycles. The van der Waals surface area contributed by atoms with E-state index in [-0.39, 0.29) is 5.92 Å². The monoisotopic (exact) mass is 410 g/mol. The van der Waals surface area contributed by atoms with Gasteiger partial charge in [0.1, 0.15) is 5.58 Å². The van der Waals surface area contributed by atoms with E-state index in [1.54, 1.807) is 12.3 Å². The zero-order chi connectivity index (χ0) is 20.4. The highest BCUT2D eigenvalue weighted by molar-refractivity contribution is 6.32. The van der Waals surface area contributed by atoms with Crippen LogP contribution in [0, 0.1) is 0 Å². The normalized spacial score (nSPS) is 16.8. The molecule has 0 fully saturated rings. The van der Waals surface area contributed by atoms with Crippen LogP contribution in [0.4, 0.5) is 4.79 Å². The lowest BCUT2D eigenvalue weighted by atomic mass is 9.87. The number of amides is 1. The number of furan rings is 1. The van der Waals surface area contributed by atoms with Crippen LogP contribution in [0.3, 0.4) is 0 Å². The lowest BCUT2D eigenvalue weighted by molar-refractivity contribution is 0.201. The molecule has 3 aromatic rings. The molecule has 1 atom stereocenters. The van der Waals surface area contributed by atoms with Crippen LogP contribution in [0.2, 0.25) is 5.02 Å². The van der Waals surface area contributed by atoms with Gasteiger partial charge < -0.3 is 19.4 Å². The lowest BCUT2D eigenvalue weighted by Gasteiger charge is -2.23. The van der Waals surface area contributed by atoms with Crippen LogP contribution < -0.4 is 10.1 Å². The number of likely N-dealkylation sites (N-methyl/N-ethyl adjacent to an activating group) is 1. The topological polar surface area (TPSA) is 54.7 Å². The Morgan fingerprint density at radius 3 is 3.07 bits per heavy atom. The molecule has 29 heavy (non-hydrogen) atoms. The van der Waals surface area contributed by atoms with Crippen molar-refractivity contribution < 1.29 is 13.9 Å². The number of fused-ring (bicyclic) bond motifs is 2. The molecule has 1 N–H and O–H groups in total.